The summed E-state index contributed by atoms with van der Waals surface area (Å²) < 4.78 is 10.7. The molecular weight excluding hydrogens is 292 g/mol. The lowest BCUT2D eigenvalue weighted by atomic mass is 10.1. The Hall–Kier alpha value is -1.11. The molecule has 0 aliphatic heterocycles. The molecule has 0 aliphatic rings. The highest BCUT2D eigenvalue weighted by atomic mass is 79.9. The number of rotatable bonds is 6. The molecule has 17 heavy (non-hydrogen) atoms. The summed E-state index contributed by atoms with van der Waals surface area (Å²) >= 11 is 3.26. The lowest BCUT2D eigenvalue weighted by molar-refractivity contribution is -0.151. The van der Waals surface area contributed by atoms with Gasteiger partial charge in [0.05, 0.1) is 20.3 Å². The van der Waals surface area contributed by atoms with Gasteiger partial charge in [0.15, 0.2) is 6.10 Å². The molecule has 0 aliphatic carbocycles. The van der Waals surface area contributed by atoms with Crippen LogP contribution in [0.4, 0.5) is 0 Å². The van der Waals surface area contributed by atoms with Crippen LogP contribution in [0.1, 0.15) is 11.7 Å². The second kappa shape index (κ2) is 6.58. The van der Waals surface area contributed by atoms with Gasteiger partial charge >= 0.3 is 5.97 Å². The number of aliphatic hydroxyl groups is 1. The average molecular weight is 305 g/mol. The highest BCUT2D eigenvalue weighted by molar-refractivity contribution is 9.10. The van der Waals surface area contributed by atoms with Crippen LogP contribution in [-0.4, -0.2) is 36.5 Å². The lowest BCUT2D eigenvalue weighted by Crippen LogP contribution is -2.17. The van der Waals surface area contributed by atoms with Crippen LogP contribution in [0.2, 0.25) is 0 Å². The monoisotopic (exact) mass is 304 g/mol. The van der Waals surface area contributed by atoms with Crippen LogP contribution >= 0.6 is 15.9 Å². The van der Waals surface area contributed by atoms with Crippen molar-refractivity contribution in [2.45, 2.75) is 6.10 Å². The van der Waals surface area contributed by atoms with Crippen LogP contribution < -0.4 is 4.74 Å². The van der Waals surface area contributed by atoms with Gasteiger partial charge in [-0.15, -0.1) is 0 Å². The molecule has 1 unspecified atom stereocenters. The summed E-state index contributed by atoms with van der Waals surface area (Å²) in [6, 6.07) is 4.98. The van der Waals surface area contributed by atoms with E-state index in [4.69, 9.17) is 19.7 Å². The third-order valence-electron chi connectivity index (χ3n) is 2.09. The predicted octanol–water partition coefficient (Wildman–Crippen LogP) is 1.59. The van der Waals surface area contributed by atoms with Crippen molar-refractivity contribution in [1.29, 1.82) is 0 Å². The molecule has 0 fully saturated rings. The van der Waals surface area contributed by atoms with Gasteiger partial charge in [-0.25, -0.2) is 4.79 Å². The van der Waals surface area contributed by atoms with Gasteiger partial charge in [-0.2, -0.15) is 0 Å². The summed E-state index contributed by atoms with van der Waals surface area (Å²) in [5.74, 6) is -0.575. The number of ether oxygens (including phenoxy) is 2. The first-order valence-electron chi connectivity index (χ1n) is 4.89. The minimum atomic E-state index is -1.13. The number of methoxy groups -OCH3 is 1. The average Bonchev–Trinajstić information content (AvgIpc) is 2.31. The first-order chi connectivity index (χ1) is 8.10. The van der Waals surface area contributed by atoms with E-state index in [1.807, 2.05) is 0 Å². The number of carboxylic acid groups (broad SMARTS) is 1. The van der Waals surface area contributed by atoms with Crippen molar-refractivity contribution in [2.75, 3.05) is 20.3 Å². The van der Waals surface area contributed by atoms with E-state index >= 15 is 0 Å². The zero-order valence-corrected chi connectivity index (χ0v) is 10.8. The van der Waals surface area contributed by atoms with Crippen LogP contribution in [0.15, 0.2) is 22.7 Å². The van der Waals surface area contributed by atoms with E-state index in [-0.39, 0.29) is 13.2 Å². The summed E-state index contributed by atoms with van der Waals surface area (Å²) in [6.45, 7) is -0.272. The maximum absolute atomic E-state index is 11.1. The Kier molecular flexibility index (Phi) is 5.40. The zero-order valence-electron chi connectivity index (χ0n) is 9.22. The molecule has 0 saturated carbocycles. The van der Waals surface area contributed by atoms with Crippen LogP contribution in [0.25, 0.3) is 0 Å². The Labute approximate surface area is 107 Å². The number of aliphatic hydroxyl groups excluding tert-OH is 1. The molecule has 94 valence electrons. The van der Waals surface area contributed by atoms with Crippen LogP contribution in [0.3, 0.4) is 0 Å². The van der Waals surface area contributed by atoms with E-state index in [1.165, 1.54) is 7.11 Å². The molecule has 1 rings (SSSR count). The summed E-state index contributed by atoms with van der Waals surface area (Å²) in [5, 5.41) is 17.7. The fourth-order valence-electron chi connectivity index (χ4n) is 1.31. The number of carboxylic acids is 1. The molecule has 1 atom stereocenters. The summed E-state index contributed by atoms with van der Waals surface area (Å²) in [6.07, 6.45) is -1.13. The van der Waals surface area contributed by atoms with Gasteiger partial charge in [0.25, 0.3) is 0 Å². The molecule has 0 aromatic heterocycles. The van der Waals surface area contributed by atoms with Gasteiger partial charge in [0.1, 0.15) is 5.75 Å². The molecule has 6 heteroatoms. The number of benzene rings is 1. The van der Waals surface area contributed by atoms with Gasteiger partial charge < -0.3 is 19.7 Å². The van der Waals surface area contributed by atoms with Gasteiger partial charge in [-0.1, -0.05) is 15.9 Å². The molecule has 0 bridgehead atoms. The maximum Gasteiger partial charge on any atom is 0.337 e. The van der Waals surface area contributed by atoms with Crippen LogP contribution in [0, 0.1) is 0 Å². The fourth-order valence-corrected chi connectivity index (χ4v) is 1.77. The third kappa shape index (κ3) is 3.69. The first-order valence-corrected chi connectivity index (χ1v) is 5.68. The van der Waals surface area contributed by atoms with E-state index in [1.54, 1.807) is 18.2 Å². The van der Waals surface area contributed by atoms with E-state index in [9.17, 15) is 4.79 Å². The largest absolute Gasteiger partial charge is 0.497 e. The molecule has 1 aromatic rings. The van der Waals surface area contributed by atoms with Crippen molar-refractivity contribution in [2.24, 2.45) is 0 Å². The van der Waals surface area contributed by atoms with Gasteiger partial charge in [-0.05, 0) is 18.2 Å². The Morgan fingerprint density at radius 3 is 2.76 bits per heavy atom. The fraction of sp³-hybridized carbons (Fsp3) is 0.364. The van der Waals surface area contributed by atoms with Crippen molar-refractivity contribution in [3.05, 3.63) is 28.2 Å². The molecule has 1 aromatic carbocycles. The second-order valence-corrected chi connectivity index (χ2v) is 4.05. The Morgan fingerprint density at radius 2 is 2.24 bits per heavy atom. The minimum absolute atomic E-state index is 0.0411. The minimum Gasteiger partial charge on any atom is -0.497 e. The maximum atomic E-state index is 11.1. The Morgan fingerprint density at radius 1 is 1.53 bits per heavy atom. The van der Waals surface area contributed by atoms with Crippen molar-refractivity contribution >= 4 is 21.9 Å². The Bertz CT molecular complexity index is 393. The number of carbonyl (C=O) groups is 1. The van der Waals surface area contributed by atoms with Crippen LogP contribution in [-0.2, 0) is 9.53 Å². The van der Waals surface area contributed by atoms with E-state index in [0.717, 1.165) is 0 Å². The predicted molar refractivity (Wildman–Crippen MR) is 64.1 cm³/mol. The zero-order chi connectivity index (χ0) is 12.8. The molecule has 0 radical (unpaired) electrons. The standard InChI is InChI=1S/C11H13BrO5/c1-16-7-2-3-9(12)8(6-7)10(11(14)15)17-5-4-13/h2-3,6,10,13H,4-5H2,1H3,(H,14,15). The third-order valence-corrected chi connectivity index (χ3v) is 2.81. The molecule has 5 nitrogen and oxygen atoms in total. The highest BCUT2D eigenvalue weighted by Crippen LogP contribution is 2.30. The van der Waals surface area contributed by atoms with E-state index in [0.29, 0.717) is 15.8 Å². The van der Waals surface area contributed by atoms with Crippen molar-refractivity contribution in [3.8, 4) is 5.75 Å². The smallest absolute Gasteiger partial charge is 0.337 e. The normalized spacial score (nSPS) is 12.2. The summed E-state index contributed by atoms with van der Waals surface area (Å²) in [5.41, 5.74) is 0.449. The first kappa shape index (κ1) is 14.0. The Balaban J connectivity index is 3.03. The second-order valence-electron chi connectivity index (χ2n) is 3.20. The van der Waals surface area contributed by atoms with Crippen LogP contribution in [0.5, 0.6) is 5.75 Å². The number of hydrogen-bond donors (Lipinski definition) is 2. The number of halogens is 1. The SMILES string of the molecule is COc1ccc(Br)c(C(OCCO)C(=O)O)c1. The molecule has 0 spiro atoms. The highest BCUT2D eigenvalue weighted by Gasteiger charge is 2.23. The van der Waals surface area contributed by atoms with E-state index in [2.05, 4.69) is 15.9 Å². The molecule has 0 heterocycles. The number of aliphatic carboxylic acids is 1. The van der Waals surface area contributed by atoms with Gasteiger partial charge in [0, 0.05) is 10.0 Å². The molecule has 0 saturated heterocycles. The van der Waals surface area contributed by atoms with Gasteiger partial charge in [0.2, 0.25) is 0 Å². The summed E-state index contributed by atoms with van der Waals surface area (Å²) in [4.78, 5) is 11.1. The molecule has 2 N–H and O–H groups in total. The lowest BCUT2D eigenvalue weighted by Gasteiger charge is -2.15. The molecule has 0 amide bonds. The van der Waals surface area contributed by atoms with E-state index < -0.39 is 12.1 Å². The van der Waals surface area contributed by atoms with Crippen molar-refractivity contribution < 1.29 is 24.5 Å². The number of hydrogen-bond acceptors (Lipinski definition) is 4. The topological polar surface area (TPSA) is 76.0 Å². The summed E-state index contributed by atoms with van der Waals surface area (Å²) in [7, 11) is 1.50. The molecular formula is C11H13BrO5. The van der Waals surface area contributed by atoms with Gasteiger partial charge in [-0.3, -0.25) is 0 Å². The van der Waals surface area contributed by atoms with Crippen molar-refractivity contribution in [3.63, 3.8) is 0 Å². The van der Waals surface area contributed by atoms with Crippen molar-refractivity contribution in [1.82, 2.24) is 0 Å². The quantitative estimate of drug-likeness (QED) is 0.835.